The summed E-state index contributed by atoms with van der Waals surface area (Å²) in [6.07, 6.45) is 0. The summed E-state index contributed by atoms with van der Waals surface area (Å²) < 4.78 is 15.4. The topological polar surface area (TPSA) is 43.4 Å². The van der Waals surface area contributed by atoms with E-state index in [1.165, 1.54) is 0 Å². The summed E-state index contributed by atoms with van der Waals surface area (Å²) in [7, 11) is -2.17. The molecule has 0 fully saturated rings. The molecule has 0 aliphatic carbocycles. The molecule has 0 atom stereocenters. The third-order valence-corrected chi connectivity index (χ3v) is 1.32. The molecule has 0 aliphatic rings. The van der Waals surface area contributed by atoms with Gasteiger partial charge >= 0.3 is 0 Å². The van der Waals surface area contributed by atoms with Crippen LogP contribution in [-0.4, -0.2) is 26.7 Å². The molecule has 0 aliphatic heterocycles. The quantitative estimate of drug-likeness (QED) is 0.483. The van der Waals surface area contributed by atoms with Crippen molar-refractivity contribution in [1.29, 1.82) is 0 Å². The van der Waals surface area contributed by atoms with E-state index in [1.807, 2.05) is 13.7 Å². The molecule has 0 saturated carbocycles. The van der Waals surface area contributed by atoms with E-state index in [2.05, 4.69) is 13.2 Å². The highest BCUT2D eigenvalue weighted by Crippen LogP contribution is 2.36. The van der Waals surface area contributed by atoms with Crippen molar-refractivity contribution < 1.29 is 13.9 Å². The van der Waals surface area contributed by atoms with Gasteiger partial charge in [0, 0.05) is 13.3 Å². The van der Waals surface area contributed by atoms with Crippen LogP contribution in [0.25, 0.3) is 0 Å². The second-order valence-corrected chi connectivity index (χ2v) is 4.43. The Labute approximate surface area is 68.9 Å². The van der Waals surface area contributed by atoms with E-state index in [4.69, 9.17) is 9.32 Å². The SMILES string of the molecule is C=C.C=O.CCOP(C)(C)=O. The molecular weight excluding hydrogens is 163 g/mol. The first kappa shape index (κ1) is 16.9. The van der Waals surface area contributed by atoms with Gasteiger partial charge in [-0.25, -0.2) is 0 Å². The van der Waals surface area contributed by atoms with Crippen molar-refractivity contribution in [3.63, 3.8) is 0 Å². The van der Waals surface area contributed by atoms with E-state index < -0.39 is 7.37 Å². The van der Waals surface area contributed by atoms with Crippen LogP contribution in [0, 0.1) is 0 Å². The predicted octanol–water partition coefficient (Wildman–Crippen LogP) is 2.18. The van der Waals surface area contributed by atoms with Crippen LogP contribution in [0.15, 0.2) is 13.2 Å². The summed E-state index contributed by atoms with van der Waals surface area (Å²) in [5, 5.41) is 0. The molecule has 0 spiro atoms. The summed E-state index contributed by atoms with van der Waals surface area (Å²) in [5.74, 6) is 0. The van der Waals surface area contributed by atoms with Crippen LogP contribution in [0.5, 0.6) is 0 Å². The summed E-state index contributed by atoms with van der Waals surface area (Å²) >= 11 is 0. The van der Waals surface area contributed by atoms with Gasteiger partial charge in [-0.1, -0.05) is 0 Å². The Bertz CT molecular complexity index is 106. The van der Waals surface area contributed by atoms with Crippen molar-refractivity contribution in [2.45, 2.75) is 6.92 Å². The van der Waals surface area contributed by atoms with Crippen molar-refractivity contribution in [2.75, 3.05) is 19.9 Å². The van der Waals surface area contributed by atoms with Crippen molar-refractivity contribution in [2.24, 2.45) is 0 Å². The van der Waals surface area contributed by atoms with E-state index in [-0.39, 0.29) is 0 Å². The Kier molecular flexibility index (Phi) is 18.9. The Balaban J connectivity index is -0.000000138. The van der Waals surface area contributed by atoms with Gasteiger partial charge in [-0.2, -0.15) is 0 Å². The minimum Gasteiger partial charge on any atom is -0.329 e. The third-order valence-electron chi connectivity index (χ3n) is 0.440. The first-order valence-corrected chi connectivity index (χ1v) is 5.56. The number of carbonyl (C=O) groups is 1. The Hall–Kier alpha value is -0.400. The molecule has 0 heterocycles. The van der Waals surface area contributed by atoms with Crippen LogP contribution >= 0.6 is 7.37 Å². The molecule has 68 valence electrons. The van der Waals surface area contributed by atoms with Crippen molar-refractivity contribution in [1.82, 2.24) is 0 Å². The van der Waals surface area contributed by atoms with Crippen molar-refractivity contribution in [3.8, 4) is 0 Å². The molecule has 0 aromatic heterocycles. The van der Waals surface area contributed by atoms with Crippen molar-refractivity contribution >= 4 is 14.2 Å². The Morgan fingerprint density at radius 2 is 1.55 bits per heavy atom. The van der Waals surface area contributed by atoms with E-state index in [0.717, 1.165) is 0 Å². The molecule has 0 aromatic rings. The lowest BCUT2D eigenvalue weighted by Crippen LogP contribution is -1.82. The van der Waals surface area contributed by atoms with Crippen LogP contribution in [0.1, 0.15) is 6.92 Å². The van der Waals surface area contributed by atoms with Crippen LogP contribution in [0.3, 0.4) is 0 Å². The highest BCUT2D eigenvalue weighted by Gasteiger charge is 2.02. The molecule has 0 radical (unpaired) electrons. The van der Waals surface area contributed by atoms with Crippen molar-refractivity contribution in [3.05, 3.63) is 13.2 Å². The van der Waals surface area contributed by atoms with E-state index in [9.17, 15) is 4.57 Å². The van der Waals surface area contributed by atoms with Gasteiger partial charge in [0.25, 0.3) is 0 Å². The molecule has 0 amide bonds. The minimum atomic E-state index is -2.17. The first-order chi connectivity index (χ1) is 5.06. The molecule has 0 unspecified atom stereocenters. The summed E-state index contributed by atoms with van der Waals surface area (Å²) in [6, 6.07) is 0. The fraction of sp³-hybridized carbons (Fsp3) is 0.571. The van der Waals surface area contributed by atoms with E-state index >= 15 is 0 Å². The van der Waals surface area contributed by atoms with Gasteiger partial charge in [0.15, 0.2) is 7.37 Å². The maximum atomic E-state index is 10.6. The molecule has 11 heavy (non-hydrogen) atoms. The highest BCUT2D eigenvalue weighted by molar-refractivity contribution is 7.57. The zero-order chi connectivity index (χ0) is 9.91. The number of rotatable bonds is 2. The number of hydrogen-bond acceptors (Lipinski definition) is 3. The van der Waals surface area contributed by atoms with Gasteiger partial charge < -0.3 is 9.32 Å². The highest BCUT2D eigenvalue weighted by atomic mass is 31.2. The molecule has 3 nitrogen and oxygen atoms in total. The largest absolute Gasteiger partial charge is 0.329 e. The standard InChI is InChI=1S/C4H11O2P.C2H4.CH2O/c1-4-6-7(2,3)5;2*1-2/h4H2,1-3H3;1-2H2;1H2. The van der Waals surface area contributed by atoms with Crippen LogP contribution < -0.4 is 0 Å². The monoisotopic (exact) mass is 180 g/mol. The Morgan fingerprint density at radius 1 is 1.27 bits per heavy atom. The van der Waals surface area contributed by atoms with Gasteiger partial charge in [-0.05, 0) is 6.92 Å². The summed E-state index contributed by atoms with van der Waals surface area (Å²) in [6.45, 7) is 13.6. The summed E-state index contributed by atoms with van der Waals surface area (Å²) in [5.41, 5.74) is 0. The van der Waals surface area contributed by atoms with Crippen LogP contribution in [0.4, 0.5) is 0 Å². The van der Waals surface area contributed by atoms with Gasteiger partial charge in [0.05, 0.1) is 6.61 Å². The molecule has 0 rings (SSSR count). The summed E-state index contributed by atoms with van der Waals surface area (Å²) in [4.78, 5) is 8.00. The molecule has 0 bridgehead atoms. The maximum absolute atomic E-state index is 10.6. The van der Waals surface area contributed by atoms with Gasteiger partial charge in [-0.3, -0.25) is 4.57 Å². The van der Waals surface area contributed by atoms with E-state index in [0.29, 0.717) is 6.61 Å². The van der Waals surface area contributed by atoms with Crippen LogP contribution in [0.2, 0.25) is 0 Å². The van der Waals surface area contributed by atoms with Gasteiger partial charge in [0.2, 0.25) is 0 Å². The first-order valence-electron chi connectivity index (χ1n) is 3.04. The third kappa shape index (κ3) is 42.8. The zero-order valence-electron chi connectivity index (χ0n) is 7.50. The lowest BCUT2D eigenvalue weighted by atomic mass is 10.9. The second-order valence-electron chi connectivity index (χ2n) is 1.67. The number of hydrogen-bond donors (Lipinski definition) is 0. The van der Waals surface area contributed by atoms with Gasteiger partial charge in [-0.15, -0.1) is 13.2 Å². The smallest absolute Gasteiger partial charge is 0.197 e. The fourth-order valence-electron chi connectivity index (χ4n) is 0.311. The average molecular weight is 180 g/mol. The molecule has 0 saturated heterocycles. The average Bonchev–Trinajstić information content (AvgIpc) is 1.94. The molecule has 4 heteroatoms. The van der Waals surface area contributed by atoms with Gasteiger partial charge in [0.1, 0.15) is 6.79 Å². The molecule has 0 aromatic carbocycles. The zero-order valence-corrected chi connectivity index (χ0v) is 8.39. The normalized spacial score (nSPS) is 8.27. The van der Waals surface area contributed by atoms with Crippen LogP contribution in [-0.2, 0) is 13.9 Å². The lowest BCUT2D eigenvalue weighted by molar-refractivity contribution is -0.0979. The minimum absolute atomic E-state index is 0.546. The fourth-order valence-corrected chi connectivity index (χ4v) is 0.933. The molecular formula is C7H17O3P. The molecule has 0 N–H and O–H groups in total. The Morgan fingerprint density at radius 3 is 1.55 bits per heavy atom. The maximum Gasteiger partial charge on any atom is 0.197 e. The lowest BCUT2D eigenvalue weighted by Gasteiger charge is -2.02. The number of carbonyl (C=O) groups excluding carboxylic acids is 1. The second kappa shape index (κ2) is 12.3. The van der Waals surface area contributed by atoms with E-state index in [1.54, 1.807) is 13.3 Å². The predicted molar refractivity (Wildman–Crippen MR) is 49.5 cm³/mol.